The van der Waals surface area contributed by atoms with Crippen LogP contribution >= 0.6 is 0 Å². The molecule has 0 N–H and O–H groups in total. The predicted molar refractivity (Wildman–Crippen MR) is 62.4 cm³/mol. The lowest BCUT2D eigenvalue weighted by Gasteiger charge is -2.34. The third-order valence-corrected chi connectivity index (χ3v) is 3.16. The van der Waals surface area contributed by atoms with E-state index in [1.807, 2.05) is 11.8 Å². The topological polar surface area (TPSA) is 55.8 Å². The van der Waals surface area contributed by atoms with Crippen molar-refractivity contribution >= 4 is 11.9 Å². The molecule has 0 aliphatic carbocycles. The summed E-state index contributed by atoms with van der Waals surface area (Å²) in [5, 5.41) is 0. The summed E-state index contributed by atoms with van der Waals surface area (Å²) < 4.78 is 9.73. The maximum Gasteiger partial charge on any atom is 0.323 e. The number of methoxy groups -OCH3 is 1. The van der Waals surface area contributed by atoms with Crippen molar-refractivity contribution in [1.29, 1.82) is 0 Å². The van der Waals surface area contributed by atoms with Crippen LogP contribution in [0.5, 0.6) is 0 Å². The molecular formula is C12H21NO4. The normalized spacial score (nSPS) is 22.9. The second-order valence-electron chi connectivity index (χ2n) is 4.29. The molecule has 0 saturated carbocycles. The van der Waals surface area contributed by atoms with Crippen LogP contribution in [0.1, 0.15) is 26.7 Å². The number of carbonyl (C=O) groups is 2. The molecule has 5 heteroatoms. The van der Waals surface area contributed by atoms with E-state index in [0.717, 1.165) is 19.4 Å². The van der Waals surface area contributed by atoms with E-state index < -0.39 is 0 Å². The fourth-order valence-electron chi connectivity index (χ4n) is 2.13. The first kappa shape index (κ1) is 14.0. The Morgan fingerprint density at radius 2 is 2.18 bits per heavy atom. The minimum atomic E-state index is -0.289. The average Bonchev–Trinajstić information content (AvgIpc) is 2.37. The largest absolute Gasteiger partial charge is 0.469 e. The number of piperidine rings is 1. The fraction of sp³-hybridized carbons (Fsp3) is 0.833. The molecule has 1 aliphatic heterocycles. The summed E-state index contributed by atoms with van der Waals surface area (Å²) in [6, 6.07) is -0.289. The summed E-state index contributed by atoms with van der Waals surface area (Å²) in [5.41, 5.74) is 0. The summed E-state index contributed by atoms with van der Waals surface area (Å²) in [5.74, 6) is -0.533. The molecule has 0 radical (unpaired) electrons. The van der Waals surface area contributed by atoms with Crippen LogP contribution in [-0.2, 0) is 19.1 Å². The lowest BCUT2D eigenvalue weighted by molar-refractivity contribution is -0.154. The zero-order valence-corrected chi connectivity index (χ0v) is 10.8. The van der Waals surface area contributed by atoms with E-state index in [1.54, 1.807) is 6.92 Å². The third kappa shape index (κ3) is 3.70. The van der Waals surface area contributed by atoms with Crippen LogP contribution in [0.2, 0.25) is 0 Å². The van der Waals surface area contributed by atoms with E-state index in [4.69, 9.17) is 9.47 Å². The van der Waals surface area contributed by atoms with Gasteiger partial charge >= 0.3 is 11.9 Å². The third-order valence-electron chi connectivity index (χ3n) is 3.16. The lowest BCUT2D eigenvalue weighted by atomic mass is 9.97. The quantitative estimate of drug-likeness (QED) is 0.684. The van der Waals surface area contributed by atoms with Crippen molar-refractivity contribution in [3.63, 3.8) is 0 Å². The van der Waals surface area contributed by atoms with Gasteiger partial charge in [-0.3, -0.25) is 14.5 Å². The Morgan fingerprint density at radius 1 is 1.47 bits per heavy atom. The standard InChI is InChI=1S/C12H21NO4/c1-4-17-11(14)9(2)13-7-5-6-10(8-13)12(15)16-3/h9-10H,4-8H2,1-3H3/t9?,10-/m0/s1. The number of hydrogen-bond donors (Lipinski definition) is 0. The minimum Gasteiger partial charge on any atom is -0.469 e. The minimum absolute atomic E-state index is 0.120. The van der Waals surface area contributed by atoms with Crippen molar-refractivity contribution in [2.24, 2.45) is 5.92 Å². The van der Waals surface area contributed by atoms with Crippen molar-refractivity contribution in [3.8, 4) is 0 Å². The van der Waals surface area contributed by atoms with Crippen LogP contribution in [0.4, 0.5) is 0 Å². The lowest BCUT2D eigenvalue weighted by Crippen LogP contribution is -2.47. The SMILES string of the molecule is CCOC(=O)C(C)N1CCC[C@H](C(=O)OC)C1. The van der Waals surface area contributed by atoms with E-state index >= 15 is 0 Å². The second kappa shape index (κ2) is 6.59. The number of hydrogen-bond acceptors (Lipinski definition) is 5. The van der Waals surface area contributed by atoms with Gasteiger partial charge in [0.05, 0.1) is 19.6 Å². The maximum absolute atomic E-state index is 11.6. The van der Waals surface area contributed by atoms with Crippen LogP contribution in [0, 0.1) is 5.92 Å². The molecule has 0 spiro atoms. The highest BCUT2D eigenvalue weighted by Gasteiger charge is 2.31. The smallest absolute Gasteiger partial charge is 0.323 e. The molecule has 1 fully saturated rings. The number of nitrogens with zero attached hydrogens (tertiary/aromatic N) is 1. The van der Waals surface area contributed by atoms with Gasteiger partial charge in [0.2, 0.25) is 0 Å². The van der Waals surface area contributed by atoms with E-state index in [1.165, 1.54) is 7.11 Å². The van der Waals surface area contributed by atoms with Gasteiger partial charge in [-0.2, -0.15) is 0 Å². The van der Waals surface area contributed by atoms with Crippen molar-refractivity contribution in [3.05, 3.63) is 0 Å². The van der Waals surface area contributed by atoms with E-state index in [2.05, 4.69) is 0 Å². The van der Waals surface area contributed by atoms with Gasteiger partial charge in [0, 0.05) is 6.54 Å². The Bertz CT molecular complexity index is 280. The summed E-state index contributed by atoms with van der Waals surface area (Å²) in [7, 11) is 1.40. The van der Waals surface area contributed by atoms with Crippen LogP contribution in [0.15, 0.2) is 0 Å². The van der Waals surface area contributed by atoms with Gasteiger partial charge in [0.15, 0.2) is 0 Å². The highest BCUT2D eigenvalue weighted by atomic mass is 16.5. The van der Waals surface area contributed by atoms with E-state index in [9.17, 15) is 9.59 Å². The number of rotatable bonds is 4. The molecule has 0 amide bonds. The van der Waals surface area contributed by atoms with Crippen LogP contribution < -0.4 is 0 Å². The van der Waals surface area contributed by atoms with Crippen LogP contribution in [0.25, 0.3) is 0 Å². The molecule has 1 heterocycles. The van der Waals surface area contributed by atoms with E-state index in [0.29, 0.717) is 13.2 Å². The molecule has 1 aliphatic rings. The van der Waals surface area contributed by atoms with Gasteiger partial charge < -0.3 is 9.47 Å². The molecule has 2 atom stereocenters. The van der Waals surface area contributed by atoms with Crippen LogP contribution in [-0.4, -0.2) is 49.7 Å². The average molecular weight is 243 g/mol. The van der Waals surface area contributed by atoms with Gasteiger partial charge in [-0.15, -0.1) is 0 Å². The predicted octanol–water partition coefficient (Wildman–Crippen LogP) is 0.823. The van der Waals surface area contributed by atoms with Gasteiger partial charge in [-0.05, 0) is 33.2 Å². The molecule has 1 unspecified atom stereocenters. The first-order chi connectivity index (χ1) is 8.10. The first-order valence-corrected chi connectivity index (χ1v) is 6.08. The monoisotopic (exact) mass is 243 g/mol. The number of carbonyl (C=O) groups excluding carboxylic acids is 2. The molecule has 98 valence electrons. The first-order valence-electron chi connectivity index (χ1n) is 6.08. The van der Waals surface area contributed by atoms with Gasteiger partial charge in [-0.25, -0.2) is 0 Å². The molecule has 1 saturated heterocycles. The van der Waals surface area contributed by atoms with Crippen LogP contribution in [0.3, 0.4) is 0 Å². The Morgan fingerprint density at radius 3 is 2.76 bits per heavy atom. The molecule has 0 aromatic rings. The Balaban J connectivity index is 2.54. The molecule has 1 rings (SSSR count). The number of esters is 2. The van der Waals surface area contributed by atoms with Gasteiger partial charge in [-0.1, -0.05) is 0 Å². The van der Waals surface area contributed by atoms with Crippen molar-refractivity contribution in [1.82, 2.24) is 4.90 Å². The summed E-state index contributed by atoms with van der Waals surface area (Å²) in [6.07, 6.45) is 1.74. The molecule has 0 aromatic carbocycles. The van der Waals surface area contributed by atoms with Gasteiger partial charge in [0.25, 0.3) is 0 Å². The van der Waals surface area contributed by atoms with Crippen molar-refractivity contribution < 1.29 is 19.1 Å². The number of likely N-dealkylation sites (tertiary alicyclic amines) is 1. The Labute approximate surface area is 102 Å². The highest BCUT2D eigenvalue weighted by molar-refractivity contribution is 5.76. The summed E-state index contributed by atoms with van der Waals surface area (Å²) in [4.78, 5) is 25.1. The maximum atomic E-state index is 11.6. The fourth-order valence-corrected chi connectivity index (χ4v) is 2.13. The number of ether oxygens (including phenoxy) is 2. The molecular weight excluding hydrogens is 222 g/mol. The Hall–Kier alpha value is -1.10. The summed E-state index contributed by atoms with van der Waals surface area (Å²) in [6.45, 7) is 5.40. The zero-order chi connectivity index (χ0) is 12.8. The summed E-state index contributed by atoms with van der Waals surface area (Å²) >= 11 is 0. The van der Waals surface area contributed by atoms with Gasteiger partial charge in [0.1, 0.15) is 6.04 Å². The second-order valence-corrected chi connectivity index (χ2v) is 4.29. The zero-order valence-electron chi connectivity index (χ0n) is 10.8. The Kier molecular flexibility index (Phi) is 5.41. The molecule has 0 aromatic heterocycles. The molecule has 17 heavy (non-hydrogen) atoms. The van der Waals surface area contributed by atoms with Crippen molar-refractivity contribution in [2.45, 2.75) is 32.7 Å². The highest BCUT2D eigenvalue weighted by Crippen LogP contribution is 2.20. The molecule has 0 bridgehead atoms. The van der Waals surface area contributed by atoms with E-state index in [-0.39, 0.29) is 23.9 Å². The molecule has 5 nitrogen and oxygen atoms in total. The van der Waals surface area contributed by atoms with Crippen molar-refractivity contribution in [2.75, 3.05) is 26.8 Å².